The molecule has 3 heterocycles. The lowest BCUT2D eigenvalue weighted by atomic mass is 9.90. The van der Waals surface area contributed by atoms with Crippen molar-refractivity contribution in [1.29, 1.82) is 0 Å². The minimum Gasteiger partial charge on any atom is -0.481 e. The first-order valence-corrected chi connectivity index (χ1v) is 10.6. The number of benzene rings is 1. The molecular weight excluding hydrogens is 414 g/mol. The second-order valence-corrected chi connectivity index (χ2v) is 8.31. The first kappa shape index (κ1) is 20.4. The summed E-state index contributed by atoms with van der Waals surface area (Å²) in [6, 6.07) is 11.1. The first-order chi connectivity index (χ1) is 15.4. The molecule has 4 aromatic rings. The van der Waals surface area contributed by atoms with E-state index in [0.29, 0.717) is 30.3 Å². The Balaban J connectivity index is 1.48. The minimum atomic E-state index is -0.927. The van der Waals surface area contributed by atoms with Crippen LogP contribution in [0.1, 0.15) is 46.2 Å². The first-order valence-electron chi connectivity index (χ1n) is 10.6. The second kappa shape index (κ2) is 7.85. The van der Waals surface area contributed by atoms with Gasteiger partial charge in [0.05, 0.1) is 29.4 Å². The van der Waals surface area contributed by atoms with E-state index in [9.17, 15) is 18.7 Å². The fraction of sp³-hybridized carbons (Fsp3) is 0.292. The molecule has 1 unspecified atom stereocenters. The lowest BCUT2D eigenvalue weighted by molar-refractivity contribution is -0.136. The van der Waals surface area contributed by atoms with Gasteiger partial charge in [0.1, 0.15) is 5.82 Å². The molecule has 1 aliphatic rings. The highest BCUT2D eigenvalue weighted by molar-refractivity contribution is 5.77. The number of nitrogens with zero attached hydrogens (tertiary/aromatic N) is 4. The molecule has 0 aliphatic heterocycles. The summed E-state index contributed by atoms with van der Waals surface area (Å²) >= 11 is 0. The monoisotopic (exact) mass is 436 g/mol. The quantitative estimate of drug-likeness (QED) is 0.479. The Morgan fingerprint density at radius 1 is 1.19 bits per heavy atom. The largest absolute Gasteiger partial charge is 0.481 e. The van der Waals surface area contributed by atoms with Crippen LogP contribution in [0.2, 0.25) is 0 Å². The number of carbonyl (C=O) groups is 1. The van der Waals surface area contributed by atoms with Gasteiger partial charge in [-0.3, -0.25) is 9.20 Å². The van der Waals surface area contributed by atoms with Gasteiger partial charge in [-0.15, -0.1) is 5.10 Å². The van der Waals surface area contributed by atoms with Crippen molar-refractivity contribution >= 4 is 11.5 Å². The molecule has 0 radical (unpaired) electrons. The van der Waals surface area contributed by atoms with Gasteiger partial charge in [-0.1, -0.05) is 23.4 Å². The summed E-state index contributed by atoms with van der Waals surface area (Å²) in [6.07, 6.45) is 2.37. The zero-order valence-electron chi connectivity index (χ0n) is 17.6. The van der Waals surface area contributed by atoms with Crippen LogP contribution in [0.25, 0.3) is 5.52 Å². The van der Waals surface area contributed by atoms with Crippen LogP contribution in [0, 0.1) is 18.7 Å². The molecule has 1 N–H and O–H groups in total. The van der Waals surface area contributed by atoms with Gasteiger partial charge in [-0.2, -0.15) is 4.39 Å². The molecule has 0 saturated heterocycles. The Morgan fingerprint density at radius 3 is 2.72 bits per heavy atom. The summed E-state index contributed by atoms with van der Waals surface area (Å²) in [4.78, 5) is 11.4. The summed E-state index contributed by atoms with van der Waals surface area (Å²) in [7, 11) is 0. The summed E-state index contributed by atoms with van der Waals surface area (Å²) < 4.78 is 31.4. The van der Waals surface area contributed by atoms with Crippen LogP contribution < -0.4 is 0 Å². The van der Waals surface area contributed by atoms with E-state index in [-0.39, 0.29) is 18.3 Å². The molecule has 1 aromatic carbocycles. The third kappa shape index (κ3) is 3.45. The number of rotatable bonds is 5. The Hall–Kier alpha value is -3.55. The van der Waals surface area contributed by atoms with Gasteiger partial charge >= 0.3 is 5.97 Å². The molecule has 0 amide bonds. The van der Waals surface area contributed by atoms with Gasteiger partial charge in [0.25, 0.3) is 0 Å². The number of aliphatic carboxylic acids is 1. The van der Waals surface area contributed by atoms with Gasteiger partial charge in [0.15, 0.2) is 5.95 Å². The lowest BCUT2D eigenvalue weighted by Gasteiger charge is -2.24. The van der Waals surface area contributed by atoms with Crippen molar-refractivity contribution in [3.63, 3.8) is 0 Å². The average molecular weight is 436 g/mol. The maximum absolute atomic E-state index is 14.8. The normalized spacial score (nSPS) is 15.8. The number of hydrogen-bond donors (Lipinski definition) is 1. The molecule has 6 nitrogen and oxygen atoms in total. The van der Waals surface area contributed by atoms with Crippen LogP contribution in [-0.2, 0) is 30.5 Å². The highest BCUT2D eigenvalue weighted by atomic mass is 19.1. The molecule has 0 bridgehead atoms. The number of carboxylic acids is 1. The van der Waals surface area contributed by atoms with Gasteiger partial charge < -0.3 is 5.11 Å². The Morgan fingerprint density at radius 2 is 1.97 bits per heavy atom. The van der Waals surface area contributed by atoms with Gasteiger partial charge in [-0.25, -0.2) is 9.07 Å². The van der Waals surface area contributed by atoms with Crippen molar-refractivity contribution in [3.05, 3.63) is 88.0 Å². The molecule has 8 heteroatoms. The molecule has 32 heavy (non-hydrogen) atoms. The summed E-state index contributed by atoms with van der Waals surface area (Å²) in [5.74, 6) is -1.60. The zero-order chi connectivity index (χ0) is 22.4. The molecule has 5 rings (SSSR count). The average Bonchev–Trinajstić information content (AvgIpc) is 3.28. The summed E-state index contributed by atoms with van der Waals surface area (Å²) in [5.41, 5.74) is 5.74. The Kier molecular flexibility index (Phi) is 5.00. The van der Waals surface area contributed by atoms with Gasteiger partial charge in [0.2, 0.25) is 0 Å². The fourth-order valence-electron chi connectivity index (χ4n) is 4.84. The lowest BCUT2D eigenvalue weighted by Crippen LogP contribution is -2.22. The molecule has 0 spiro atoms. The molecule has 1 aliphatic carbocycles. The van der Waals surface area contributed by atoms with Crippen LogP contribution in [-0.4, -0.2) is 30.5 Å². The minimum absolute atomic E-state index is 0.00708. The van der Waals surface area contributed by atoms with E-state index in [1.807, 2.05) is 11.6 Å². The zero-order valence-corrected chi connectivity index (χ0v) is 17.6. The number of pyridine rings is 1. The molecule has 1 atom stereocenters. The van der Waals surface area contributed by atoms with Crippen molar-refractivity contribution in [2.24, 2.45) is 0 Å². The second-order valence-electron chi connectivity index (χ2n) is 8.31. The van der Waals surface area contributed by atoms with E-state index in [0.717, 1.165) is 34.6 Å². The van der Waals surface area contributed by atoms with Crippen molar-refractivity contribution in [3.8, 4) is 0 Å². The molecule has 0 fully saturated rings. The molecule has 3 aromatic heterocycles. The summed E-state index contributed by atoms with van der Waals surface area (Å²) in [5, 5.41) is 18.1. The number of hydrogen-bond acceptors (Lipinski definition) is 3. The molecule has 164 valence electrons. The fourth-order valence-corrected chi connectivity index (χ4v) is 4.84. The number of aromatic nitrogens is 4. The van der Waals surface area contributed by atoms with E-state index in [4.69, 9.17) is 0 Å². The smallest absolute Gasteiger partial charge is 0.307 e. The predicted octanol–water partition coefficient (Wildman–Crippen LogP) is 4.07. The van der Waals surface area contributed by atoms with Crippen LogP contribution >= 0.6 is 0 Å². The third-order valence-corrected chi connectivity index (χ3v) is 6.37. The highest BCUT2D eigenvalue weighted by Gasteiger charge is 2.30. The van der Waals surface area contributed by atoms with Crippen molar-refractivity contribution < 1.29 is 18.7 Å². The van der Waals surface area contributed by atoms with E-state index >= 15 is 0 Å². The van der Waals surface area contributed by atoms with E-state index in [1.54, 1.807) is 28.7 Å². The molecular formula is C24H22F2N4O2. The number of halogens is 2. The highest BCUT2D eigenvalue weighted by Crippen LogP contribution is 2.36. The third-order valence-electron chi connectivity index (χ3n) is 6.37. The Labute approximate surface area is 183 Å². The van der Waals surface area contributed by atoms with Crippen LogP contribution in [0.15, 0.2) is 42.5 Å². The SMILES string of the molecule is Cc1c(Cc2ccc(F)cc2)nnn1C1CCc2c(CC(=O)O)c3cccc(F)n3c2C1. The van der Waals surface area contributed by atoms with Crippen LogP contribution in [0.3, 0.4) is 0 Å². The van der Waals surface area contributed by atoms with E-state index in [2.05, 4.69) is 10.3 Å². The topological polar surface area (TPSA) is 72.4 Å². The van der Waals surface area contributed by atoms with Crippen molar-refractivity contribution in [2.45, 2.75) is 45.1 Å². The van der Waals surface area contributed by atoms with Crippen LogP contribution in [0.4, 0.5) is 8.78 Å². The van der Waals surface area contributed by atoms with E-state index in [1.165, 1.54) is 18.2 Å². The number of fused-ring (bicyclic) bond motifs is 3. The van der Waals surface area contributed by atoms with Crippen LogP contribution in [0.5, 0.6) is 0 Å². The van der Waals surface area contributed by atoms with Gasteiger partial charge in [-0.05, 0) is 60.7 Å². The number of carboxylic acid groups (broad SMARTS) is 1. The summed E-state index contributed by atoms with van der Waals surface area (Å²) in [6.45, 7) is 1.96. The van der Waals surface area contributed by atoms with Gasteiger partial charge in [0, 0.05) is 18.5 Å². The van der Waals surface area contributed by atoms with Crippen molar-refractivity contribution in [2.75, 3.05) is 0 Å². The predicted molar refractivity (Wildman–Crippen MR) is 114 cm³/mol. The maximum atomic E-state index is 14.8. The standard InChI is InChI=1S/C24H22F2N4O2/c1-14-20(11-15-5-7-16(25)8-6-15)27-28-30(14)17-9-10-18-19(13-24(31)32)21-3-2-4-23(26)29(21)22(18)12-17/h2-8,17H,9-13H2,1H3,(H,31,32). The molecule has 0 saturated carbocycles. The maximum Gasteiger partial charge on any atom is 0.307 e. The Bertz CT molecular complexity index is 1320. The van der Waals surface area contributed by atoms with E-state index < -0.39 is 11.9 Å². The van der Waals surface area contributed by atoms with Crippen molar-refractivity contribution in [1.82, 2.24) is 19.4 Å².